The number of ether oxygens (including phenoxy) is 1. The van der Waals surface area contributed by atoms with Crippen LogP contribution in [0.4, 0.5) is 0 Å². The van der Waals surface area contributed by atoms with E-state index < -0.39 is 0 Å². The van der Waals surface area contributed by atoms with Crippen LogP contribution in [0, 0.1) is 22.7 Å². The molecule has 1 aliphatic carbocycles. The maximum atomic E-state index is 9.71. The highest BCUT2D eigenvalue weighted by atomic mass is 79.9. The number of nitriles is 1. The van der Waals surface area contributed by atoms with Gasteiger partial charge in [0.25, 0.3) is 0 Å². The fourth-order valence-electron chi connectivity index (χ4n) is 3.73. The second-order valence-corrected chi connectivity index (χ2v) is 7.15. The molecule has 0 N–H and O–H groups in total. The molecular weight excluding hydrogens is 314 g/mol. The molecule has 2 atom stereocenters. The van der Waals surface area contributed by atoms with Crippen molar-refractivity contribution in [2.45, 2.75) is 45.4 Å². The van der Waals surface area contributed by atoms with Crippen molar-refractivity contribution in [3.05, 3.63) is 27.7 Å². The van der Waals surface area contributed by atoms with Gasteiger partial charge in [-0.15, -0.1) is 0 Å². The molecule has 0 amide bonds. The quantitative estimate of drug-likeness (QED) is 0.806. The first-order chi connectivity index (χ1) is 9.65. The van der Waals surface area contributed by atoms with Crippen molar-refractivity contribution in [1.29, 1.82) is 5.26 Å². The highest BCUT2D eigenvalue weighted by Gasteiger charge is 2.39. The zero-order valence-corrected chi connectivity index (χ0v) is 13.5. The highest BCUT2D eigenvalue weighted by molar-refractivity contribution is 9.10. The molecule has 2 aliphatic rings. The van der Waals surface area contributed by atoms with E-state index in [-0.39, 0.29) is 5.41 Å². The van der Waals surface area contributed by atoms with Crippen molar-refractivity contribution in [3.63, 3.8) is 0 Å². The number of benzene rings is 1. The number of nitrogens with zero attached hydrogens (tertiary/aromatic N) is 1. The number of halogens is 1. The Balaban J connectivity index is 1.90. The number of rotatable bonds is 3. The third-order valence-corrected chi connectivity index (χ3v) is 5.34. The highest BCUT2D eigenvalue weighted by Crippen LogP contribution is 2.47. The fourth-order valence-corrected chi connectivity index (χ4v) is 4.28. The van der Waals surface area contributed by atoms with Gasteiger partial charge in [-0.2, -0.15) is 5.26 Å². The monoisotopic (exact) mass is 333 g/mol. The van der Waals surface area contributed by atoms with E-state index in [0.29, 0.717) is 0 Å². The van der Waals surface area contributed by atoms with E-state index in [1.807, 2.05) is 0 Å². The molecule has 0 saturated heterocycles. The standard InChI is InChI=1S/C17H20BrNO/c1-2-12-3-5-17(9-12,11-19)10-14-8-15(18)7-13-4-6-20-16(13)14/h7-8,12H,2-6,9-10H2,1H3. The summed E-state index contributed by atoms with van der Waals surface area (Å²) in [6.07, 6.45) is 6.28. The summed E-state index contributed by atoms with van der Waals surface area (Å²) in [6.45, 7) is 3.01. The first-order valence-corrected chi connectivity index (χ1v) is 8.30. The predicted octanol–water partition coefficient (Wildman–Crippen LogP) is 4.65. The molecule has 1 aromatic rings. The normalized spacial score (nSPS) is 27.9. The van der Waals surface area contributed by atoms with Crippen LogP contribution < -0.4 is 4.74 Å². The van der Waals surface area contributed by atoms with Crippen molar-refractivity contribution >= 4 is 15.9 Å². The number of hydrogen-bond acceptors (Lipinski definition) is 2. The molecule has 20 heavy (non-hydrogen) atoms. The molecule has 1 aromatic carbocycles. The summed E-state index contributed by atoms with van der Waals surface area (Å²) in [7, 11) is 0. The Labute approximate surface area is 129 Å². The third-order valence-electron chi connectivity index (χ3n) is 4.88. The molecule has 0 bridgehead atoms. The van der Waals surface area contributed by atoms with E-state index in [2.05, 4.69) is 41.1 Å². The van der Waals surface area contributed by atoms with Crippen LogP contribution in [-0.4, -0.2) is 6.61 Å². The smallest absolute Gasteiger partial charge is 0.125 e. The van der Waals surface area contributed by atoms with Gasteiger partial charge in [0, 0.05) is 10.9 Å². The van der Waals surface area contributed by atoms with Crippen molar-refractivity contribution in [1.82, 2.24) is 0 Å². The van der Waals surface area contributed by atoms with Crippen LogP contribution in [0.1, 0.15) is 43.7 Å². The van der Waals surface area contributed by atoms with Gasteiger partial charge in [0.15, 0.2) is 0 Å². The van der Waals surface area contributed by atoms with Gasteiger partial charge in [0.2, 0.25) is 0 Å². The fraction of sp³-hybridized carbons (Fsp3) is 0.588. The minimum Gasteiger partial charge on any atom is -0.493 e. The van der Waals surface area contributed by atoms with Crippen molar-refractivity contribution in [2.24, 2.45) is 11.3 Å². The van der Waals surface area contributed by atoms with Gasteiger partial charge in [-0.25, -0.2) is 0 Å². The molecule has 2 unspecified atom stereocenters. The zero-order chi connectivity index (χ0) is 14.2. The third kappa shape index (κ3) is 2.46. The van der Waals surface area contributed by atoms with Crippen LogP contribution in [0.2, 0.25) is 0 Å². The van der Waals surface area contributed by atoms with E-state index in [1.165, 1.54) is 24.0 Å². The number of hydrogen-bond donors (Lipinski definition) is 0. The Morgan fingerprint density at radius 2 is 2.35 bits per heavy atom. The van der Waals surface area contributed by atoms with Crippen molar-refractivity contribution < 1.29 is 4.74 Å². The second-order valence-electron chi connectivity index (χ2n) is 6.24. The van der Waals surface area contributed by atoms with E-state index in [4.69, 9.17) is 4.74 Å². The van der Waals surface area contributed by atoms with E-state index in [1.54, 1.807) is 0 Å². The molecule has 3 rings (SSSR count). The van der Waals surface area contributed by atoms with Crippen LogP contribution in [0.15, 0.2) is 16.6 Å². The Hall–Kier alpha value is -1.01. The molecule has 1 fully saturated rings. The van der Waals surface area contributed by atoms with Gasteiger partial charge in [-0.05, 0) is 54.9 Å². The summed E-state index contributed by atoms with van der Waals surface area (Å²) in [5.41, 5.74) is 2.32. The first kappa shape index (κ1) is 13.9. The number of fused-ring (bicyclic) bond motifs is 1. The molecular formula is C17H20BrNO. The summed E-state index contributed by atoms with van der Waals surface area (Å²) in [5.74, 6) is 1.76. The lowest BCUT2D eigenvalue weighted by atomic mass is 9.80. The summed E-state index contributed by atoms with van der Waals surface area (Å²) in [4.78, 5) is 0. The minimum absolute atomic E-state index is 0.179. The van der Waals surface area contributed by atoms with Crippen LogP contribution >= 0.6 is 15.9 Å². The van der Waals surface area contributed by atoms with Gasteiger partial charge in [-0.3, -0.25) is 0 Å². The van der Waals surface area contributed by atoms with Gasteiger partial charge >= 0.3 is 0 Å². The molecule has 0 aromatic heterocycles. The predicted molar refractivity (Wildman–Crippen MR) is 82.7 cm³/mol. The Kier molecular flexibility index (Phi) is 3.77. The lowest BCUT2D eigenvalue weighted by Gasteiger charge is -2.22. The topological polar surface area (TPSA) is 33.0 Å². The summed E-state index contributed by atoms with van der Waals surface area (Å²) < 4.78 is 6.91. The molecule has 1 saturated carbocycles. The second kappa shape index (κ2) is 5.41. The van der Waals surface area contributed by atoms with Crippen LogP contribution in [0.25, 0.3) is 0 Å². The van der Waals surface area contributed by atoms with E-state index in [0.717, 1.165) is 48.4 Å². The van der Waals surface area contributed by atoms with Crippen molar-refractivity contribution in [2.75, 3.05) is 6.61 Å². The summed E-state index contributed by atoms with van der Waals surface area (Å²) in [6, 6.07) is 6.92. The Morgan fingerprint density at radius 3 is 3.05 bits per heavy atom. The molecule has 3 heteroatoms. The first-order valence-electron chi connectivity index (χ1n) is 7.51. The molecule has 1 aliphatic heterocycles. The van der Waals surface area contributed by atoms with Gasteiger partial charge in [0.1, 0.15) is 5.75 Å². The van der Waals surface area contributed by atoms with Gasteiger partial charge in [-0.1, -0.05) is 29.3 Å². The zero-order valence-electron chi connectivity index (χ0n) is 11.9. The van der Waals surface area contributed by atoms with Gasteiger partial charge in [0.05, 0.1) is 18.1 Å². The largest absolute Gasteiger partial charge is 0.493 e. The molecule has 0 spiro atoms. The van der Waals surface area contributed by atoms with Crippen LogP contribution in [-0.2, 0) is 12.8 Å². The molecule has 1 heterocycles. The van der Waals surface area contributed by atoms with Crippen LogP contribution in [0.3, 0.4) is 0 Å². The lowest BCUT2D eigenvalue weighted by Crippen LogP contribution is -2.18. The Morgan fingerprint density at radius 1 is 1.50 bits per heavy atom. The van der Waals surface area contributed by atoms with E-state index >= 15 is 0 Å². The molecule has 0 radical (unpaired) electrons. The van der Waals surface area contributed by atoms with E-state index in [9.17, 15) is 5.26 Å². The molecule has 2 nitrogen and oxygen atoms in total. The lowest BCUT2D eigenvalue weighted by molar-refractivity contribution is 0.339. The summed E-state index contributed by atoms with van der Waals surface area (Å²) >= 11 is 3.59. The Bertz CT molecular complexity index is 563. The van der Waals surface area contributed by atoms with Crippen molar-refractivity contribution in [3.8, 4) is 11.8 Å². The average Bonchev–Trinajstić information content (AvgIpc) is 3.05. The SMILES string of the molecule is CCC1CCC(C#N)(Cc2cc(Br)cc3c2OCC3)C1. The maximum Gasteiger partial charge on any atom is 0.125 e. The molecule has 106 valence electrons. The maximum absolute atomic E-state index is 9.71. The average molecular weight is 334 g/mol. The summed E-state index contributed by atoms with van der Waals surface area (Å²) in [5, 5.41) is 9.71. The van der Waals surface area contributed by atoms with Gasteiger partial charge < -0.3 is 4.74 Å². The van der Waals surface area contributed by atoms with Crippen LogP contribution in [0.5, 0.6) is 5.75 Å². The minimum atomic E-state index is -0.179.